The van der Waals surface area contributed by atoms with E-state index in [0.29, 0.717) is 0 Å². The number of oxazole rings is 1. The van der Waals surface area contributed by atoms with Crippen LogP contribution < -0.4 is 0 Å². The summed E-state index contributed by atoms with van der Waals surface area (Å²) in [4.78, 5) is 4.32. The Morgan fingerprint density at radius 2 is 2.06 bits per heavy atom. The summed E-state index contributed by atoms with van der Waals surface area (Å²) in [5.74, 6) is 7.25. The van der Waals surface area contributed by atoms with Gasteiger partial charge in [0.1, 0.15) is 6.26 Å². The Kier molecular flexibility index (Phi) is 7.66. The summed E-state index contributed by atoms with van der Waals surface area (Å²) < 4.78 is 5.34. The number of thioether (sulfide) groups is 1. The van der Waals surface area contributed by atoms with Crippen LogP contribution >= 0.6 is 11.8 Å². The van der Waals surface area contributed by atoms with Crippen LogP contribution in [0.2, 0.25) is 0 Å². The molecule has 0 bridgehead atoms. The molecule has 0 aromatic carbocycles. The number of hydrogen-bond acceptors (Lipinski definition) is 3. The lowest BCUT2D eigenvalue weighted by molar-refractivity contribution is 0.454. The predicted molar refractivity (Wildman–Crippen MR) is 73.2 cm³/mol. The lowest BCUT2D eigenvalue weighted by Crippen LogP contribution is -1.79. The molecule has 0 fully saturated rings. The highest BCUT2D eigenvalue weighted by Gasteiger charge is 2.01. The largest absolute Gasteiger partial charge is 0.439 e. The molecule has 0 aliphatic heterocycles. The Labute approximate surface area is 109 Å². The topological polar surface area (TPSA) is 26.0 Å². The minimum Gasteiger partial charge on any atom is -0.439 e. The Morgan fingerprint density at radius 1 is 1.24 bits per heavy atom. The molecule has 0 spiro atoms. The van der Waals surface area contributed by atoms with Crippen LogP contribution in [0.1, 0.15) is 58.1 Å². The van der Waals surface area contributed by atoms with Crippen molar-refractivity contribution in [3.63, 3.8) is 0 Å². The van der Waals surface area contributed by atoms with Gasteiger partial charge in [0.15, 0.2) is 5.69 Å². The molecule has 0 saturated carbocycles. The fourth-order valence-corrected chi connectivity index (χ4v) is 2.19. The molecule has 0 atom stereocenters. The number of rotatable bonds is 7. The summed E-state index contributed by atoms with van der Waals surface area (Å²) in [5, 5.41) is 0.747. The van der Waals surface area contributed by atoms with E-state index >= 15 is 0 Å². The van der Waals surface area contributed by atoms with Crippen LogP contribution in [0.3, 0.4) is 0 Å². The van der Waals surface area contributed by atoms with E-state index in [9.17, 15) is 0 Å². The molecule has 1 aromatic heterocycles. The second-order valence-electron chi connectivity index (χ2n) is 3.96. The smallest absolute Gasteiger partial charge is 0.256 e. The molecule has 94 valence electrons. The third-order valence-corrected chi connectivity index (χ3v) is 3.26. The highest BCUT2D eigenvalue weighted by atomic mass is 32.2. The van der Waals surface area contributed by atoms with E-state index in [0.717, 1.165) is 23.1 Å². The summed E-state index contributed by atoms with van der Waals surface area (Å²) in [6.45, 7) is 4.38. The highest BCUT2D eigenvalue weighted by Crippen LogP contribution is 2.18. The van der Waals surface area contributed by atoms with Gasteiger partial charge >= 0.3 is 0 Å². The third-order valence-electron chi connectivity index (χ3n) is 2.33. The molecule has 0 amide bonds. The van der Waals surface area contributed by atoms with Crippen LogP contribution in [-0.2, 0) is 0 Å². The third kappa shape index (κ3) is 6.43. The van der Waals surface area contributed by atoms with E-state index in [1.807, 2.05) is 0 Å². The summed E-state index contributed by atoms with van der Waals surface area (Å²) in [7, 11) is 0. The van der Waals surface area contributed by atoms with Gasteiger partial charge in [0, 0.05) is 12.2 Å². The second kappa shape index (κ2) is 9.18. The van der Waals surface area contributed by atoms with Crippen molar-refractivity contribution in [2.24, 2.45) is 0 Å². The molecule has 1 aromatic rings. The average Bonchev–Trinajstić information content (AvgIpc) is 2.77. The Balaban J connectivity index is 2.29. The van der Waals surface area contributed by atoms with Gasteiger partial charge in [-0.1, -0.05) is 50.8 Å². The van der Waals surface area contributed by atoms with E-state index in [1.54, 1.807) is 18.0 Å². The summed E-state index contributed by atoms with van der Waals surface area (Å²) in [6.07, 6.45) is 8.69. The minimum atomic E-state index is 0.747. The van der Waals surface area contributed by atoms with Gasteiger partial charge in [0.2, 0.25) is 0 Å². The second-order valence-corrected chi connectivity index (χ2v) is 5.01. The average molecular weight is 251 g/mol. The van der Waals surface area contributed by atoms with E-state index in [4.69, 9.17) is 4.42 Å². The minimum absolute atomic E-state index is 0.747. The molecule has 1 rings (SSSR count). The van der Waals surface area contributed by atoms with Crippen LogP contribution in [0.4, 0.5) is 0 Å². The molecule has 0 saturated heterocycles. The normalized spacial score (nSPS) is 10.0. The maximum absolute atomic E-state index is 5.34. The van der Waals surface area contributed by atoms with Gasteiger partial charge in [-0.15, -0.1) is 0 Å². The van der Waals surface area contributed by atoms with Gasteiger partial charge in [-0.3, -0.25) is 0 Å². The van der Waals surface area contributed by atoms with Crippen LogP contribution in [0.25, 0.3) is 0 Å². The summed E-state index contributed by atoms with van der Waals surface area (Å²) >= 11 is 1.67. The number of aromatic nitrogens is 1. The van der Waals surface area contributed by atoms with Crippen molar-refractivity contribution in [2.75, 3.05) is 5.75 Å². The molecule has 17 heavy (non-hydrogen) atoms. The number of hydrogen-bond donors (Lipinski definition) is 0. The molecular weight excluding hydrogens is 230 g/mol. The Bertz CT molecular complexity index is 362. The molecule has 0 aliphatic rings. The first-order valence-electron chi connectivity index (χ1n) is 6.44. The van der Waals surface area contributed by atoms with Gasteiger partial charge in [0.05, 0.1) is 0 Å². The molecular formula is C14H21NOS. The SMILES string of the molecule is CCCCCC#Cc1coc(SCCCC)n1. The number of nitrogens with zero attached hydrogens (tertiary/aromatic N) is 1. The quantitative estimate of drug-likeness (QED) is 0.405. The van der Waals surface area contributed by atoms with Crippen molar-refractivity contribution in [1.82, 2.24) is 4.98 Å². The molecule has 3 heteroatoms. The van der Waals surface area contributed by atoms with Crippen molar-refractivity contribution in [3.8, 4) is 11.8 Å². The van der Waals surface area contributed by atoms with Crippen LogP contribution in [0.15, 0.2) is 15.9 Å². The van der Waals surface area contributed by atoms with Crippen LogP contribution in [0.5, 0.6) is 0 Å². The monoisotopic (exact) mass is 251 g/mol. The predicted octanol–water partition coefficient (Wildman–Crippen LogP) is 4.50. The van der Waals surface area contributed by atoms with Crippen LogP contribution in [-0.4, -0.2) is 10.7 Å². The zero-order chi connectivity index (χ0) is 12.3. The summed E-state index contributed by atoms with van der Waals surface area (Å²) in [6, 6.07) is 0. The van der Waals surface area contributed by atoms with Crippen LogP contribution in [0, 0.1) is 11.8 Å². The first kappa shape index (κ1) is 14.2. The molecule has 0 aliphatic carbocycles. The molecule has 1 heterocycles. The van der Waals surface area contributed by atoms with E-state index in [-0.39, 0.29) is 0 Å². The van der Waals surface area contributed by atoms with E-state index in [2.05, 4.69) is 30.7 Å². The lowest BCUT2D eigenvalue weighted by atomic mass is 10.2. The van der Waals surface area contributed by atoms with Crippen molar-refractivity contribution in [2.45, 2.75) is 57.6 Å². The molecule has 0 radical (unpaired) electrons. The Morgan fingerprint density at radius 3 is 2.82 bits per heavy atom. The van der Waals surface area contributed by atoms with Gasteiger partial charge < -0.3 is 4.42 Å². The fourth-order valence-electron chi connectivity index (χ4n) is 1.30. The molecule has 0 N–H and O–H groups in total. The van der Waals surface area contributed by atoms with Gasteiger partial charge in [0.25, 0.3) is 5.22 Å². The fraction of sp³-hybridized carbons (Fsp3) is 0.643. The van der Waals surface area contributed by atoms with Gasteiger partial charge in [-0.2, -0.15) is 4.98 Å². The van der Waals surface area contributed by atoms with Gasteiger partial charge in [-0.05, 0) is 18.8 Å². The standard InChI is InChI=1S/C14H21NOS/c1-3-5-7-8-9-10-13-12-16-14(15-13)17-11-6-4-2/h12H,3-8,11H2,1-2H3. The lowest BCUT2D eigenvalue weighted by Gasteiger charge is -1.91. The van der Waals surface area contributed by atoms with E-state index < -0.39 is 0 Å². The van der Waals surface area contributed by atoms with Crippen molar-refractivity contribution in [3.05, 3.63) is 12.0 Å². The van der Waals surface area contributed by atoms with Gasteiger partial charge in [-0.25, -0.2) is 0 Å². The van der Waals surface area contributed by atoms with Crippen molar-refractivity contribution in [1.29, 1.82) is 0 Å². The first-order valence-corrected chi connectivity index (χ1v) is 7.42. The van der Waals surface area contributed by atoms with Crippen molar-refractivity contribution < 1.29 is 4.42 Å². The highest BCUT2D eigenvalue weighted by molar-refractivity contribution is 7.99. The molecule has 2 nitrogen and oxygen atoms in total. The van der Waals surface area contributed by atoms with Crippen molar-refractivity contribution >= 4 is 11.8 Å². The maximum Gasteiger partial charge on any atom is 0.256 e. The summed E-state index contributed by atoms with van der Waals surface area (Å²) in [5.41, 5.74) is 0.764. The zero-order valence-corrected chi connectivity index (χ0v) is 11.6. The van der Waals surface area contributed by atoms with E-state index in [1.165, 1.54) is 32.1 Å². The number of unbranched alkanes of at least 4 members (excludes halogenated alkanes) is 4. The maximum atomic E-state index is 5.34. The zero-order valence-electron chi connectivity index (χ0n) is 10.8. The first-order chi connectivity index (χ1) is 8.36. The molecule has 0 unspecified atom stereocenters. The Hall–Kier alpha value is -0.880.